The molecule has 0 aromatic heterocycles. The van der Waals surface area contributed by atoms with Crippen LogP contribution in [0.2, 0.25) is 0 Å². The topological polar surface area (TPSA) is 79.0 Å². The fourth-order valence-electron chi connectivity index (χ4n) is 3.33. The van der Waals surface area contributed by atoms with Crippen LogP contribution in [0.4, 0.5) is 11.4 Å². The highest BCUT2D eigenvalue weighted by atomic mass is 32.2. The first-order valence-corrected chi connectivity index (χ1v) is 11.9. The second-order valence-corrected chi connectivity index (χ2v) is 9.74. The average Bonchev–Trinajstić information content (AvgIpc) is 2.72. The van der Waals surface area contributed by atoms with Crippen molar-refractivity contribution >= 4 is 27.3 Å². The van der Waals surface area contributed by atoms with Gasteiger partial charge in [-0.3, -0.25) is 4.79 Å². The summed E-state index contributed by atoms with van der Waals surface area (Å²) in [7, 11) is -3.14. The van der Waals surface area contributed by atoms with Crippen LogP contribution in [0.15, 0.2) is 48.5 Å². The van der Waals surface area contributed by atoms with Crippen molar-refractivity contribution in [1.82, 2.24) is 4.31 Å². The molecule has 1 fully saturated rings. The van der Waals surface area contributed by atoms with Crippen LogP contribution in [0.5, 0.6) is 5.75 Å². The summed E-state index contributed by atoms with van der Waals surface area (Å²) in [4.78, 5) is 14.3. The van der Waals surface area contributed by atoms with Gasteiger partial charge in [0.1, 0.15) is 5.75 Å². The predicted molar refractivity (Wildman–Crippen MR) is 120 cm³/mol. The van der Waals surface area contributed by atoms with Gasteiger partial charge in [0.05, 0.1) is 6.26 Å². The summed E-state index contributed by atoms with van der Waals surface area (Å²) in [5.41, 5.74) is 2.92. The molecule has 0 saturated carbocycles. The third kappa shape index (κ3) is 5.96. The normalized spacial score (nSPS) is 15.3. The lowest BCUT2D eigenvalue weighted by Gasteiger charge is -2.34. The lowest BCUT2D eigenvalue weighted by molar-refractivity contribution is -0.118. The number of anilines is 2. The molecule has 0 bridgehead atoms. The Balaban J connectivity index is 1.47. The number of nitrogens with zero attached hydrogens (tertiary/aromatic N) is 2. The summed E-state index contributed by atoms with van der Waals surface area (Å²) in [6.45, 7) is 6.44. The van der Waals surface area contributed by atoms with Crippen molar-refractivity contribution in [3.8, 4) is 5.75 Å². The molecule has 1 N–H and O–H groups in total. The molecule has 162 valence electrons. The number of rotatable bonds is 7. The van der Waals surface area contributed by atoms with Crippen LogP contribution in [-0.4, -0.2) is 57.7 Å². The van der Waals surface area contributed by atoms with E-state index in [0.29, 0.717) is 43.5 Å². The molecule has 8 heteroatoms. The first kappa shape index (κ1) is 22.1. The zero-order valence-corrected chi connectivity index (χ0v) is 18.5. The highest BCUT2D eigenvalue weighted by Gasteiger charge is 2.23. The van der Waals surface area contributed by atoms with Crippen LogP contribution in [-0.2, 0) is 14.8 Å². The number of hydrogen-bond donors (Lipinski definition) is 1. The van der Waals surface area contributed by atoms with Crippen molar-refractivity contribution < 1.29 is 17.9 Å². The van der Waals surface area contributed by atoms with Crippen LogP contribution in [0.3, 0.4) is 0 Å². The van der Waals surface area contributed by atoms with Crippen LogP contribution in [0.1, 0.15) is 25.3 Å². The van der Waals surface area contributed by atoms with E-state index in [9.17, 15) is 13.2 Å². The number of benzene rings is 2. The van der Waals surface area contributed by atoms with Crippen molar-refractivity contribution in [3.05, 3.63) is 54.1 Å². The molecule has 2 aromatic carbocycles. The molecule has 1 aliphatic rings. The zero-order valence-electron chi connectivity index (χ0n) is 17.7. The molecule has 1 amide bonds. The monoisotopic (exact) mass is 431 g/mol. The van der Waals surface area contributed by atoms with Gasteiger partial charge in [-0.05, 0) is 47.9 Å². The van der Waals surface area contributed by atoms with E-state index in [0.717, 1.165) is 5.69 Å². The summed E-state index contributed by atoms with van der Waals surface area (Å²) in [6, 6.07) is 15.3. The molecule has 2 aromatic rings. The zero-order chi connectivity index (χ0) is 21.7. The Morgan fingerprint density at radius 3 is 2.13 bits per heavy atom. The summed E-state index contributed by atoms with van der Waals surface area (Å²) in [5.74, 6) is 0.893. The minimum atomic E-state index is -3.14. The van der Waals surface area contributed by atoms with E-state index in [1.54, 1.807) is 0 Å². The number of nitrogens with one attached hydrogen (secondary N) is 1. The third-order valence-corrected chi connectivity index (χ3v) is 6.44. The van der Waals surface area contributed by atoms with Gasteiger partial charge in [-0.1, -0.05) is 26.0 Å². The molecule has 1 aliphatic heterocycles. The fourth-order valence-corrected chi connectivity index (χ4v) is 4.16. The summed E-state index contributed by atoms with van der Waals surface area (Å²) >= 11 is 0. The highest BCUT2D eigenvalue weighted by Crippen LogP contribution is 2.21. The molecule has 0 radical (unpaired) electrons. The number of hydrogen-bond acceptors (Lipinski definition) is 5. The second-order valence-electron chi connectivity index (χ2n) is 7.76. The maximum Gasteiger partial charge on any atom is 0.262 e. The quantitative estimate of drug-likeness (QED) is 0.729. The molecular formula is C22H29N3O4S. The Morgan fingerprint density at radius 2 is 1.60 bits per heavy atom. The lowest BCUT2D eigenvalue weighted by Crippen LogP contribution is -2.48. The molecular weight excluding hydrogens is 402 g/mol. The number of ether oxygens (including phenoxy) is 1. The fraction of sp³-hybridized carbons (Fsp3) is 0.409. The minimum Gasteiger partial charge on any atom is -0.484 e. The predicted octanol–water partition coefficient (Wildman–Crippen LogP) is 2.91. The van der Waals surface area contributed by atoms with E-state index in [1.807, 2.05) is 48.5 Å². The Morgan fingerprint density at radius 1 is 1.00 bits per heavy atom. The number of carbonyl (C=O) groups excluding carboxylic acids is 1. The van der Waals surface area contributed by atoms with Gasteiger partial charge in [0.2, 0.25) is 10.0 Å². The van der Waals surface area contributed by atoms with E-state index >= 15 is 0 Å². The highest BCUT2D eigenvalue weighted by molar-refractivity contribution is 7.88. The summed E-state index contributed by atoms with van der Waals surface area (Å²) in [6.07, 6.45) is 1.24. The van der Waals surface area contributed by atoms with E-state index in [2.05, 4.69) is 24.1 Å². The van der Waals surface area contributed by atoms with Crippen LogP contribution >= 0.6 is 0 Å². The van der Waals surface area contributed by atoms with Crippen molar-refractivity contribution in [2.45, 2.75) is 19.8 Å². The molecule has 1 heterocycles. The SMILES string of the molecule is CC(C)c1ccc(OCC(=O)Nc2ccc(N3CCN(S(C)(=O)=O)CC3)cc2)cc1. The van der Waals surface area contributed by atoms with Crippen LogP contribution in [0.25, 0.3) is 0 Å². The van der Waals surface area contributed by atoms with Crippen LogP contribution in [0, 0.1) is 0 Å². The molecule has 0 aliphatic carbocycles. The number of amides is 1. The Hall–Kier alpha value is -2.58. The maximum absolute atomic E-state index is 12.2. The standard InChI is InChI=1S/C22H29N3O4S/c1-17(2)18-4-10-21(11-5-18)29-16-22(26)23-19-6-8-20(9-7-19)24-12-14-25(15-13-24)30(3,27)28/h4-11,17H,12-16H2,1-3H3,(H,23,26). The van der Waals surface area contributed by atoms with Crippen molar-refractivity contribution in [2.75, 3.05) is 49.3 Å². The maximum atomic E-state index is 12.2. The lowest BCUT2D eigenvalue weighted by atomic mass is 10.0. The van der Waals surface area contributed by atoms with Crippen LogP contribution < -0.4 is 15.0 Å². The van der Waals surface area contributed by atoms with Gasteiger partial charge in [-0.15, -0.1) is 0 Å². The van der Waals surface area contributed by atoms with Gasteiger partial charge < -0.3 is 15.0 Å². The molecule has 0 spiro atoms. The second kappa shape index (κ2) is 9.49. The molecule has 30 heavy (non-hydrogen) atoms. The van der Waals surface area contributed by atoms with E-state index in [-0.39, 0.29) is 12.5 Å². The van der Waals surface area contributed by atoms with Gasteiger partial charge in [0, 0.05) is 37.6 Å². The van der Waals surface area contributed by atoms with Gasteiger partial charge >= 0.3 is 0 Å². The Bertz CT molecular complexity index is 949. The van der Waals surface area contributed by atoms with E-state index in [1.165, 1.54) is 16.1 Å². The van der Waals surface area contributed by atoms with Gasteiger partial charge in [0.25, 0.3) is 5.91 Å². The van der Waals surface area contributed by atoms with Gasteiger partial charge in [-0.2, -0.15) is 4.31 Å². The van der Waals surface area contributed by atoms with Gasteiger partial charge in [0.15, 0.2) is 6.61 Å². The smallest absolute Gasteiger partial charge is 0.262 e. The van der Waals surface area contributed by atoms with Crippen molar-refractivity contribution in [3.63, 3.8) is 0 Å². The number of carbonyl (C=O) groups is 1. The molecule has 3 rings (SSSR count). The number of piperazine rings is 1. The number of sulfonamides is 1. The molecule has 0 atom stereocenters. The Kier molecular flexibility index (Phi) is 6.99. The minimum absolute atomic E-state index is 0.0593. The summed E-state index contributed by atoms with van der Waals surface area (Å²) in [5, 5.41) is 2.83. The van der Waals surface area contributed by atoms with Crippen molar-refractivity contribution in [2.24, 2.45) is 0 Å². The first-order chi connectivity index (χ1) is 14.2. The van der Waals surface area contributed by atoms with E-state index < -0.39 is 10.0 Å². The third-order valence-electron chi connectivity index (χ3n) is 5.14. The molecule has 0 unspecified atom stereocenters. The first-order valence-electron chi connectivity index (χ1n) is 10.0. The molecule has 1 saturated heterocycles. The molecule has 7 nitrogen and oxygen atoms in total. The average molecular weight is 432 g/mol. The Labute approximate surface area is 178 Å². The van der Waals surface area contributed by atoms with E-state index in [4.69, 9.17) is 4.74 Å². The van der Waals surface area contributed by atoms with Crippen molar-refractivity contribution in [1.29, 1.82) is 0 Å². The summed E-state index contributed by atoms with van der Waals surface area (Å²) < 4.78 is 30.3. The largest absolute Gasteiger partial charge is 0.484 e. The van der Waals surface area contributed by atoms with Gasteiger partial charge in [-0.25, -0.2) is 8.42 Å².